The van der Waals surface area contributed by atoms with Crippen molar-refractivity contribution in [3.63, 3.8) is 0 Å². The van der Waals surface area contributed by atoms with Crippen LogP contribution in [0.3, 0.4) is 0 Å². The van der Waals surface area contributed by atoms with E-state index in [1.807, 2.05) is 6.07 Å². The Morgan fingerprint density at radius 2 is 2.04 bits per heavy atom. The van der Waals surface area contributed by atoms with Crippen molar-refractivity contribution < 1.29 is 14.3 Å². The number of nitrogens with zero attached hydrogens (tertiary/aromatic N) is 1. The number of hydrogen-bond acceptors (Lipinski definition) is 4. The summed E-state index contributed by atoms with van der Waals surface area (Å²) in [6, 6.07) is 13.5. The monoisotopic (exact) mass is 369 g/mol. The minimum atomic E-state index is -0.384. The summed E-state index contributed by atoms with van der Waals surface area (Å²) in [6.45, 7) is -0.246. The summed E-state index contributed by atoms with van der Waals surface area (Å²) in [5, 5.41) is 14.6. The van der Waals surface area contributed by atoms with Crippen molar-refractivity contribution in [2.75, 3.05) is 11.9 Å². The van der Waals surface area contributed by atoms with Crippen molar-refractivity contribution in [1.29, 1.82) is 5.26 Å². The van der Waals surface area contributed by atoms with Gasteiger partial charge in [0.05, 0.1) is 16.7 Å². The molecule has 1 saturated carbocycles. The topological polar surface area (TPSA) is 91.2 Å². The smallest absolute Gasteiger partial charge is 0.262 e. The summed E-state index contributed by atoms with van der Waals surface area (Å²) in [5.74, 6) is -0.215. The number of carbonyl (C=O) groups excluding carboxylic acids is 2. The first-order valence-electron chi connectivity index (χ1n) is 8.08. The van der Waals surface area contributed by atoms with E-state index in [1.165, 1.54) is 12.1 Å². The quantitative estimate of drug-likeness (QED) is 0.818. The van der Waals surface area contributed by atoms with Crippen molar-refractivity contribution in [2.45, 2.75) is 18.9 Å². The summed E-state index contributed by atoms with van der Waals surface area (Å²) in [7, 11) is 0. The average molecular weight is 370 g/mol. The molecular weight excluding hydrogens is 354 g/mol. The van der Waals surface area contributed by atoms with Crippen LogP contribution in [-0.4, -0.2) is 24.5 Å². The minimum Gasteiger partial charge on any atom is -0.482 e. The zero-order chi connectivity index (χ0) is 18.5. The van der Waals surface area contributed by atoms with Gasteiger partial charge in [0.15, 0.2) is 6.61 Å². The number of nitrogens with one attached hydrogen (secondary N) is 2. The van der Waals surface area contributed by atoms with Gasteiger partial charge in [0.1, 0.15) is 5.75 Å². The molecule has 2 aromatic rings. The lowest BCUT2D eigenvalue weighted by atomic mass is 10.2. The second-order valence-electron chi connectivity index (χ2n) is 5.92. The first-order chi connectivity index (χ1) is 12.5. The van der Waals surface area contributed by atoms with Crippen LogP contribution in [0.4, 0.5) is 5.69 Å². The Kier molecular flexibility index (Phi) is 5.40. The molecule has 0 bridgehead atoms. The molecule has 2 N–H and O–H groups in total. The highest BCUT2D eigenvalue weighted by Crippen LogP contribution is 2.25. The highest BCUT2D eigenvalue weighted by molar-refractivity contribution is 6.32. The van der Waals surface area contributed by atoms with Crippen molar-refractivity contribution in [2.24, 2.45) is 0 Å². The standard InChI is InChI=1S/C19H16ClN3O3/c20-16-8-12(10-21)4-7-17(16)26-11-18(24)22-15-3-1-2-13(9-15)19(25)23-14-5-6-14/h1-4,7-9,14H,5-6,11H2,(H,22,24)(H,23,25). The molecular formula is C19H16ClN3O3. The van der Waals surface area contributed by atoms with Gasteiger partial charge in [-0.3, -0.25) is 9.59 Å². The van der Waals surface area contributed by atoms with Crippen molar-refractivity contribution in [3.05, 3.63) is 58.6 Å². The second-order valence-corrected chi connectivity index (χ2v) is 6.33. The molecule has 0 spiro atoms. The molecule has 2 aromatic carbocycles. The van der Waals surface area contributed by atoms with E-state index in [0.29, 0.717) is 22.6 Å². The fourth-order valence-corrected chi connectivity index (χ4v) is 2.50. The number of nitriles is 1. The lowest BCUT2D eigenvalue weighted by molar-refractivity contribution is -0.118. The van der Waals surface area contributed by atoms with Gasteiger partial charge in [-0.2, -0.15) is 5.26 Å². The molecule has 0 aliphatic heterocycles. The van der Waals surface area contributed by atoms with Gasteiger partial charge in [-0.15, -0.1) is 0 Å². The van der Waals surface area contributed by atoms with Crippen molar-refractivity contribution in [3.8, 4) is 11.8 Å². The van der Waals surface area contributed by atoms with Gasteiger partial charge in [-0.1, -0.05) is 17.7 Å². The molecule has 1 aliphatic carbocycles. The summed E-state index contributed by atoms with van der Waals surface area (Å²) >= 11 is 6.00. The Morgan fingerprint density at radius 1 is 1.23 bits per heavy atom. The van der Waals surface area contributed by atoms with Gasteiger partial charge in [0.25, 0.3) is 11.8 Å². The highest BCUT2D eigenvalue weighted by Gasteiger charge is 2.23. The molecule has 0 atom stereocenters. The molecule has 132 valence electrons. The fraction of sp³-hybridized carbons (Fsp3) is 0.211. The van der Waals surface area contributed by atoms with Crippen LogP contribution in [0.15, 0.2) is 42.5 Å². The van der Waals surface area contributed by atoms with Crippen LogP contribution in [0, 0.1) is 11.3 Å². The lowest BCUT2D eigenvalue weighted by Gasteiger charge is -2.10. The number of amides is 2. The van der Waals surface area contributed by atoms with Crippen LogP contribution in [0.2, 0.25) is 5.02 Å². The van der Waals surface area contributed by atoms with Gasteiger partial charge in [-0.25, -0.2) is 0 Å². The van der Waals surface area contributed by atoms with Crippen molar-refractivity contribution >= 4 is 29.1 Å². The van der Waals surface area contributed by atoms with Gasteiger partial charge in [-0.05, 0) is 49.2 Å². The summed E-state index contributed by atoms with van der Waals surface area (Å²) < 4.78 is 5.38. The Morgan fingerprint density at radius 3 is 2.73 bits per heavy atom. The molecule has 0 radical (unpaired) electrons. The number of rotatable bonds is 6. The largest absolute Gasteiger partial charge is 0.482 e. The number of hydrogen-bond donors (Lipinski definition) is 2. The van der Waals surface area contributed by atoms with Crippen LogP contribution < -0.4 is 15.4 Å². The molecule has 26 heavy (non-hydrogen) atoms. The maximum absolute atomic E-state index is 12.1. The van der Waals surface area contributed by atoms with Gasteiger partial charge in [0, 0.05) is 17.3 Å². The molecule has 7 heteroatoms. The predicted molar refractivity (Wildman–Crippen MR) is 97.2 cm³/mol. The van der Waals surface area contributed by atoms with E-state index in [2.05, 4.69) is 10.6 Å². The molecule has 0 unspecified atom stereocenters. The van der Waals surface area contributed by atoms with Crippen LogP contribution in [0.1, 0.15) is 28.8 Å². The first-order valence-corrected chi connectivity index (χ1v) is 8.46. The number of anilines is 1. The van der Waals surface area contributed by atoms with Gasteiger partial charge < -0.3 is 15.4 Å². The maximum atomic E-state index is 12.1. The van der Waals surface area contributed by atoms with E-state index in [0.717, 1.165) is 12.8 Å². The normalized spacial score (nSPS) is 12.8. The Bertz CT molecular complexity index is 888. The molecule has 6 nitrogen and oxygen atoms in total. The number of ether oxygens (including phenoxy) is 1. The zero-order valence-electron chi connectivity index (χ0n) is 13.8. The Balaban J connectivity index is 1.56. The minimum absolute atomic E-state index is 0.149. The van der Waals surface area contributed by atoms with E-state index in [9.17, 15) is 9.59 Å². The van der Waals surface area contributed by atoms with Crippen LogP contribution in [0.25, 0.3) is 0 Å². The first kappa shape index (κ1) is 17.8. The Labute approximate surface area is 155 Å². The third kappa shape index (κ3) is 4.74. The fourth-order valence-electron chi connectivity index (χ4n) is 2.26. The zero-order valence-corrected chi connectivity index (χ0v) is 14.5. The number of carbonyl (C=O) groups is 2. The number of benzene rings is 2. The van der Waals surface area contributed by atoms with Crippen LogP contribution in [0.5, 0.6) is 5.75 Å². The predicted octanol–water partition coefficient (Wildman–Crippen LogP) is 3.12. The lowest BCUT2D eigenvalue weighted by Crippen LogP contribution is -2.25. The SMILES string of the molecule is N#Cc1ccc(OCC(=O)Nc2cccc(C(=O)NC3CC3)c2)c(Cl)c1. The maximum Gasteiger partial charge on any atom is 0.262 e. The van der Waals surface area contributed by atoms with E-state index in [1.54, 1.807) is 30.3 Å². The summed E-state index contributed by atoms with van der Waals surface area (Å²) in [6.07, 6.45) is 2.02. The molecule has 3 rings (SSSR count). The third-order valence-corrected chi connectivity index (χ3v) is 4.04. The van der Waals surface area contributed by atoms with Crippen molar-refractivity contribution in [1.82, 2.24) is 5.32 Å². The molecule has 2 amide bonds. The van der Waals surface area contributed by atoms with Crippen LogP contribution >= 0.6 is 11.6 Å². The van der Waals surface area contributed by atoms with E-state index >= 15 is 0 Å². The second kappa shape index (κ2) is 7.89. The van der Waals surface area contributed by atoms with E-state index < -0.39 is 0 Å². The third-order valence-electron chi connectivity index (χ3n) is 3.74. The van der Waals surface area contributed by atoms with E-state index in [-0.39, 0.29) is 29.5 Å². The summed E-state index contributed by atoms with van der Waals surface area (Å²) in [4.78, 5) is 24.1. The average Bonchev–Trinajstić information content (AvgIpc) is 3.44. The molecule has 1 fully saturated rings. The van der Waals surface area contributed by atoms with Gasteiger partial charge in [0.2, 0.25) is 0 Å². The molecule has 0 saturated heterocycles. The molecule has 0 heterocycles. The van der Waals surface area contributed by atoms with E-state index in [4.69, 9.17) is 21.6 Å². The van der Waals surface area contributed by atoms with Gasteiger partial charge >= 0.3 is 0 Å². The van der Waals surface area contributed by atoms with Crippen LogP contribution in [-0.2, 0) is 4.79 Å². The Hall–Kier alpha value is -3.04. The number of halogens is 1. The molecule has 0 aromatic heterocycles. The summed E-state index contributed by atoms with van der Waals surface area (Å²) in [5.41, 5.74) is 1.41. The molecule has 1 aliphatic rings. The highest BCUT2D eigenvalue weighted by atomic mass is 35.5.